The SMILES string of the molecule is Cc1c(OCCCCN(C)C)ccc(C(C)N2C3CCC2CC(NC(=O)c2cccc(Cl)c2)C3)c1C. The second-order valence-electron chi connectivity index (χ2n) is 10.9. The van der Waals surface area contributed by atoms with Crippen LogP contribution in [-0.4, -0.2) is 61.1 Å². The van der Waals surface area contributed by atoms with Gasteiger partial charge in [-0.15, -0.1) is 0 Å². The van der Waals surface area contributed by atoms with Crippen molar-refractivity contribution in [1.29, 1.82) is 0 Å². The first-order valence-corrected chi connectivity index (χ1v) is 13.8. The Labute approximate surface area is 222 Å². The molecule has 36 heavy (non-hydrogen) atoms. The fraction of sp³-hybridized carbons (Fsp3) is 0.567. The Morgan fingerprint density at radius 2 is 1.83 bits per heavy atom. The van der Waals surface area contributed by atoms with Crippen molar-refractivity contribution >= 4 is 17.5 Å². The minimum Gasteiger partial charge on any atom is -0.493 e. The number of rotatable bonds is 10. The number of carbonyl (C=O) groups is 1. The van der Waals surface area contributed by atoms with Gasteiger partial charge in [0.05, 0.1) is 6.61 Å². The van der Waals surface area contributed by atoms with Crippen LogP contribution in [0.25, 0.3) is 0 Å². The minimum absolute atomic E-state index is 0.0211. The molecule has 0 spiro atoms. The van der Waals surface area contributed by atoms with Crippen LogP contribution in [0.3, 0.4) is 0 Å². The number of hydrogen-bond donors (Lipinski definition) is 1. The van der Waals surface area contributed by atoms with E-state index in [-0.39, 0.29) is 11.9 Å². The van der Waals surface area contributed by atoms with E-state index < -0.39 is 0 Å². The number of ether oxygens (including phenoxy) is 1. The summed E-state index contributed by atoms with van der Waals surface area (Å²) in [7, 11) is 4.22. The molecule has 2 aromatic rings. The highest BCUT2D eigenvalue weighted by Gasteiger charge is 2.43. The van der Waals surface area contributed by atoms with Crippen molar-refractivity contribution in [1.82, 2.24) is 15.1 Å². The summed E-state index contributed by atoms with van der Waals surface area (Å²) in [4.78, 5) is 17.7. The third-order valence-corrected chi connectivity index (χ3v) is 8.38. The van der Waals surface area contributed by atoms with Crippen molar-refractivity contribution in [3.63, 3.8) is 0 Å². The Bertz CT molecular complexity index is 1040. The Morgan fingerprint density at radius 1 is 1.11 bits per heavy atom. The number of carbonyl (C=O) groups excluding carboxylic acids is 1. The third-order valence-electron chi connectivity index (χ3n) is 8.15. The summed E-state index contributed by atoms with van der Waals surface area (Å²) in [5, 5.41) is 3.88. The van der Waals surface area contributed by atoms with E-state index in [0.29, 0.717) is 28.7 Å². The molecular weight excluding hydrogens is 470 g/mol. The predicted octanol–water partition coefficient (Wildman–Crippen LogP) is 6.16. The molecule has 3 unspecified atom stereocenters. The monoisotopic (exact) mass is 511 g/mol. The van der Waals surface area contributed by atoms with E-state index in [0.717, 1.165) is 44.6 Å². The van der Waals surface area contributed by atoms with E-state index in [2.05, 4.69) is 62.1 Å². The minimum atomic E-state index is -0.0211. The normalized spacial score (nSPS) is 22.6. The second-order valence-corrected chi connectivity index (χ2v) is 11.4. The van der Waals surface area contributed by atoms with Crippen LogP contribution in [0.15, 0.2) is 36.4 Å². The number of nitrogens with zero attached hydrogens (tertiary/aromatic N) is 2. The standard InChI is InChI=1S/C30H42ClN3O2/c1-20-21(2)29(36-16-7-6-15-33(4)5)14-13-28(20)22(3)34-26-11-12-27(34)19-25(18-26)32-30(35)23-9-8-10-24(31)17-23/h8-10,13-14,17,22,25-27H,6-7,11-12,15-16,18-19H2,1-5H3,(H,32,35). The molecule has 0 aliphatic carbocycles. The van der Waals surface area contributed by atoms with Gasteiger partial charge >= 0.3 is 0 Å². The van der Waals surface area contributed by atoms with Crippen molar-refractivity contribution in [2.45, 2.75) is 83.5 Å². The predicted molar refractivity (Wildman–Crippen MR) is 148 cm³/mol. The van der Waals surface area contributed by atoms with Gasteiger partial charge in [-0.3, -0.25) is 9.69 Å². The van der Waals surface area contributed by atoms with E-state index in [9.17, 15) is 4.79 Å². The molecule has 3 atom stereocenters. The smallest absolute Gasteiger partial charge is 0.251 e. The van der Waals surface area contributed by atoms with Crippen molar-refractivity contribution < 1.29 is 9.53 Å². The number of fused-ring (bicyclic) bond motifs is 2. The molecule has 6 heteroatoms. The first kappa shape index (κ1) is 27.0. The fourth-order valence-electron chi connectivity index (χ4n) is 6.16. The molecule has 2 bridgehead atoms. The molecule has 0 saturated carbocycles. The third kappa shape index (κ3) is 6.24. The number of amides is 1. The molecule has 2 fully saturated rings. The molecule has 5 nitrogen and oxygen atoms in total. The summed E-state index contributed by atoms with van der Waals surface area (Å²) >= 11 is 6.09. The van der Waals surface area contributed by atoms with Crippen LogP contribution in [0.4, 0.5) is 0 Å². The first-order chi connectivity index (χ1) is 17.2. The van der Waals surface area contributed by atoms with Crippen molar-refractivity contribution in [3.8, 4) is 5.75 Å². The number of unbranched alkanes of at least 4 members (excludes halogenated alkanes) is 1. The Balaban J connectivity index is 1.37. The van der Waals surface area contributed by atoms with Gasteiger partial charge in [0.25, 0.3) is 5.91 Å². The summed E-state index contributed by atoms with van der Waals surface area (Å²) in [6, 6.07) is 13.2. The van der Waals surface area contributed by atoms with E-state index in [1.165, 1.54) is 29.5 Å². The number of piperidine rings is 1. The fourth-order valence-corrected chi connectivity index (χ4v) is 6.35. The lowest BCUT2D eigenvalue weighted by Crippen LogP contribution is -2.51. The average Bonchev–Trinajstić information content (AvgIpc) is 3.11. The van der Waals surface area contributed by atoms with Gasteiger partial charge < -0.3 is 15.0 Å². The number of nitrogens with one attached hydrogen (secondary N) is 1. The molecular formula is C30H42ClN3O2. The number of hydrogen-bond acceptors (Lipinski definition) is 4. The lowest BCUT2D eigenvalue weighted by molar-refractivity contribution is 0.0689. The molecule has 2 saturated heterocycles. The lowest BCUT2D eigenvalue weighted by atomic mass is 9.91. The molecule has 0 aromatic heterocycles. The van der Waals surface area contributed by atoms with Gasteiger partial charge in [0.15, 0.2) is 0 Å². The summed E-state index contributed by atoms with van der Waals surface area (Å²) in [6.45, 7) is 8.63. The topological polar surface area (TPSA) is 44.8 Å². The van der Waals surface area contributed by atoms with E-state index in [1.54, 1.807) is 12.1 Å². The summed E-state index contributed by atoms with van der Waals surface area (Å²) < 4.78 is 6.15. The molecule has 2 aliphatic rings. The molecule has 1 amide bonds. The molecule has 0 radical (unpaired) electrons. The summed E-state index contributed by atoms with van der Waals surface area (Å²) in [5.74, 6) is 0.992. The second kappa shape index (κ2) is 12.0. The molecule has 1 N–H and O–H groups in total. The summed E-state index contributed by atoms with van der Waals surface area (Å²) in [5.41, 5.74) is 4.62. The zero-order chi connectivity index (χ0) is 25.8. The van der Waals surface area contributed by atoms with E-state index in [4.69, 9.17) is 16.3 Å². The zero-order valence-electron chi connectivity index (χ0n) is 22.5. The largest absolute Gasteiger partial charge is 0.493 e. The number of benzene rings is 2. The van der Waals surface area contributed by atoms with E-state index >= 15 is 0 Å². The molecule has 2 aromatic carbocycles. The summed E-state index contributed by atoms with van der Waals surface area (Å²) in [6.07, 6.45) is 6.62. The van der Waals surface area contributed by atoms with Gasteiger partial charge in [-0.05, 0) is 121 Å². The van der Waals surface area contributed by atoms with Crippen molar-refractivity contribution in [3.05, 3.63) is 63.7 Å². The van der Waals surface area contributed by atoms with Crippen LogP contribution in [0.1, 0.15) is 78.5 Å². The zero-order valence-corrected chi connectivity index (χ0v) is 23.3. The van der Waals surface area contributed by atoms with Gasteiger partial charge in [0.1, 0.15) is 5.75 Å². The van der Waals surface area contributed by atoms with Crippen LogP contribution in [0.5, 0.6) is 5.75 Å². The Morgan fingerprint density at radius 3 is 2.50 bits per heavy atom. The first-order valence-electron chi connectivity index (χ1n) is 13.5. The highest BCUT2D eigenvalue weighted by atomic mass is 35.5. The van der Waals surface area contributed by atoms with Crippen molar-refractivity contribution in [2.75, 3.05) is 27.2 Å². The highest BCUT2D eigenvalue weighted by molar-refractivity contribution is 6.30. The van der Waals surface area contributed by atoms with Gasteiger partial charge in [-0.2, -0.15) is 0 Å². The maximum absolute atomic E-state index is 12.8. The van der Waals surface area contributed by atoms with Crippen LogP contribution in [0.2, 0.25) is 5.02 Å². The molecule has 2 heterocycles. The maximum atomic E-state index is 12.8. The Hall–Kier alpha value is -2.08. The molecule has 2 aliphatic heterocycles. The lowest BCUT2D eigenvalue weighted by Gasteiger charge is -2.43. The molecule has 196 valence electrons. The molecule has 4 rings (SSSR count). The average molecular weight is 512 g/mol. The van der Waals surface area contributed by atoms with Crippen molar-refractivity contribution in [2.24, 2.45) is 0 Å². The highest BCUT2D eigenvalue weighted by Crippen LogP contribution is 2.43. The quantitative estimate of drug-likeness (QED) is 0.388. The van der Waals surface area contributed by atoms with E-state index in [1.807, 2.05) is 12.1 Å². The van der Waals surface area contributed by atoms with Crippen LogP contribution in [-0.2, 0) is 0 Å². The maximum Gasteiger partial charge on any atom is 0.251 e. The van der Waals surface area contributed by atoms with Crippen LogP contribution >= 0.6 is 11.6 Å². The van der Waals surface area contributed by atoms with Crippen LogP contribution < -0.4 is 10.1 Å². The van der Waals surface area contributed by atoms with Crippen LogP contribution in [0, 0.1) is 13.8 Å². The van der Waals surface area contributed by atoms with Gasteiger partial charge in [-0.25, -0.2) is 0 Å². The number of halogens is 1. The van der Waals surface area contributed by atoms with Gasteiger partial charge in [0, 0.05) is 34.8 Å². The van der Waals surface area contributed by atoms with Gasteiger partial charge in [0.2, 0.25) is 0 Å². The Kier molecular flexibility index (Phi) is 8.97. The van der Waals surface area contributed by atoms with Gasteiger partial charge in [-0.1, -0.05) is 23.7 Å².